The van der Waals surface area contributed by atoms with Crippen LogP contribution in [0.15, 0.2) is 18.2 Å². The molecule has 0 spiro atoms. The first kappa shape index (κ1) is 16.1. The zero-order valence-corrected chi connectivity index (χ0v) is 14.1. The summed E-state index contributed by atoms with van der Waals surface area (Å²) in [7, 11) is 0.910. The number of anilines is 1. The lowest BCUT2D eigenvalue weighted by molar-refractivity contribution is -0.117. The molecule has 2 fully saturated rings. The summed E-state index contributed by atoms with van der Waals surface area (Å²) in [6, 6.07) is 4.96. The monoisotopic (exact) mass is 340 g/mol. The maximum atomic E-state index is 12.7. The van der Waals surface area contributed by atoms with Gasteiger partial charge in [-0.2, -0.15) is 0 Å². The molecule has 126 valence electrons. The molecule has 3 rings (SSSR count). The highest BCUT2D eigenvalue weighted by atomic mass is 32.2. The molecule has 2 aliphatic rings. The first-order valence-electron chi connectivity index (χ1n) is 7.36. The summed E-state index contributed by atoms with van der Waals surface area (Å²) in [6.45, 7) is 0.466. The number of methoxy groups -OCH3 is 2. The van der Waals surface area contributed by atoms with Crippen LogP contribution < -0.4 is 14.8 Å². The van der Waals surface area contributed by atoms with Gasteiger partial charge in [-0.05, 0) is 30.9 Å². The predicted molar refractivity (Wildman–Crippen MR) is 85.2 cm³/mol. The first-order valence-corrected chi connectivity index (χ1v) is 8.80. The van der Waals surface area contributed by atoms with Crippen LogP contribution in [0.4, 0.5) is 5.69 Å². The van der Waals surface area contributed by atoms with Gasteiger partial charge >= 0.3 is 0 Å². The van der Waals surface area contributed by atoms with Gasteiger partial charge in [-0.1, -0.05) is 0 Å². The summed E-state index contributed by atoms with van der Waals surface area (Å²) >= 11 is 0. The van der Waals surface area contributed by atoms with E-state index in [-0.39, 0.29) is 5.92 Å². The summed E-state index contributed by atoms with van der Waals surface area (Å²) in [5, 5.41) is 2.72. The number of hydrogen-bond acceptors (Lipinski definition) is 5. The van der Waals surface area contributed by atoms with E-state index in [0.717, 1.165) is 0 Å². The molecule has 0 unspecified atom stereocenters. The molecule has 23 heavy (non-hydrogen) atoms. The topological polar surface area (TPSA) is 84.9 Å². The summed E-state index contributed by atoms with van der Waals surface area (Å²) in [4.78, 5) is 12.7. The van der Waals surface area contributed by atoms with Crippen molar-refractivity contribution in [2.75, 3.05) is 33.1 Å². The van der Waals surface area contributed by atoms with E-state index in [1.165, 1.54) is 25.6 Å². The lowest BCUT2D eigenvalue weighted by atomic mass is 10.2. The number of ether oxygens (including phenoxy) is 2. The van der Waals surface area contributed by atoms with Crippen LogP contribution in [-0.4, -0.2) is 51.2 Å². The second-order valence-electron chi connectivity index (χ2n) is 5.93. The van der Waals surface area contributed by atoms with E-state index in [4.69, 9.17) is 9.47 Å². The van der Waals surface area contributed by atoms with Crippen molar-refractivity contribution in [2.24, 2.45) is 5.92 Å². The molecule has 1 aliphatic carbocycles. The fourth-order valence-corrected chi connectivity index (χ4v) is 5.36. The van der Waals surface area contributed by atoms with Gasteiger partial charge in [-0.25, -0.2) is 12.7 Å². The lowest BCUT2D eigenvalue weighted by Gasteiger charge is -2.29. The molecule has 1 saturated carbocycles. The van der Waals surface area contributed by atoms with Gasteiger partial charge in [0.1, 0.15) is 11.5 Å². The quantitative estimate of drug-likeness (QED) is 0.886. The van der Waals surface area contributed by atoms with E-state index in [1.807, 2.05) is 0 Å². The number of carbonyl (C=O) groups excluding carboxylic acids is 1. The third kappa shape index (κ3) is 2.28. The fourth-order valence-electron chi connectivity index (χ4n) is 3.22. The lowest BCUT2D eigenvalue weighted by Crippen LogP contribution is -2.50. The van der Waals surface area contributed by atoms with Crippen LogP contribution in [0.5, 0.6) is 11.5 Å². The average molecular weight is 340 g/mol. The van der Waals surface area contributed by atoms with Gasteiger partial charge in [-0.15, -0.1) is 0 Å². The molecular weight excluding hydrogens is 320 g/mol. The van der Waals surface area contributed by atoms with Crippen LogP contribution in [0, 0.1) is 5.92 Å². The average Bonchev–Trinajstić information content (AvgIpc) is 3.29. The number of benzene rings is 1. The van der Waals surface area contributed by atoms with E-state index in [0.29, 0.717) is 36.6 Å². The van der Waals surface area contributed by atoms with Gasteiger partial charge in [0.25, 0.3) is 0 Å². The number of nitrogens with zero attached hydrogens (tertiary/aromatic N) is 1. The van der Waals surface area contributed by atoms with Crippen molar-refractivity contribution in [1.82, 2.24) is 4.31 Å². The molecule has 2 atom stereocenters. The van der Waals surface area contributed by atoms with Gasteiger partial charge in [0.2, 0.25) is 15.9 Å². The van der Waals surface area contributed by atoms with Crippen molar-refractivity contribution in [2.45, 2.75) is 17.6 Å². The molecule has 1 N–H and O–H groups in total. The SMILES string of the molecule is COc1ccc(NC(=O)[C@@]23C[C@H]2CCN(C)S3(=O)=O)c(OC)c1. The highest BCUT2D eigenvalue weighted by Gasteiger charge is 2.71. The summed E-state index contributed by atoms with van der Waals surface area (Å²) < 4.78 is 35.5. The van der Waals surface area contributed by atoms with Gasteiger partial charge in [-0.3, -0.25) is 4.79 Å². The molecule has 1 amide bonds. The molecule has 1 saturated heterocycles. The molecule has 0 aromatic heterocycles. The number of hydrogen-bond donors (Lipinski definition) is 1. The molecule has 1 heterocycles. The Morgan fingerprint density at radius 1 is 1.35 bits per heavy atom. The number of rotatable bonds is 4. The summed E-state index contributed by atoms with van der Waals surface area (Å²) in [6.07, 6.45) is 1.09. The molecular formula is C15H20N2O5S. The third-order valence-corrected chi connectivity index (χ3v) is 7.36. The number of amides is 1. The molecule has 8 heteroatoms. The molecule has 0 bridgehead atoms. The number of nitrogens with one attached hydrogen (secondary N) is 1. The largest absolute Gasteiger partial charge is 0.497 e. The minimum atomic E-state index is -3.62. The van der Waals surface area contributed by atoms with Crippen molar-refractivity contribution in [3.63, 3.8) is 0 Å². The molecule has 1 aromatic rings. The third-order valence-electron chi connectivity index (χ3n) is 4.75. The van der Waals surface area contributed by atoms with E-state index in [1.54, 1.807) is 18.2 Å². The Labute approximate surface area is 135 Å². The fraction of sp³-hybridized carbons (Fsp3) is 0.533. The van der Waals surface area contributed by atoms with Crippen LogP contribution in [0.3, 0.4) is 0 Å². The molecule has 1 aromatic carbocycles. The number of sulfonamides is 1. The van der Waals surface area contributed by atoms with Gasteiger partial charge in [0, 0.05) is 19.7 Å². The smallest absolute Gasteiger partial charge is 0.247 e. The minimum absolute atomic E-state index is 0.104. The van der Waals surface area contributed by atoms with Gasteiger partial charge in [0.15, 0.2) is 4.75 Å². The minimum Gasteiger partial charge on any atom is -0.497 e. The molecule has 1 aliphatic heterocycles. The maximum absolute atomic E-state index is 12.7. The van der Waals surface area contributed by atoms with Crippen molar-refractivity contribution in [3.05, 3.63) is 18.2 Å². The van der Waals surface area contributed by atoms with E-state index in [9.17, 15) is 13.2 Å². The summed E-state index contributed by atoms with van der Waals surface area (Å²) in [5.74, 6) is 0.422. The van der Waals surface area contributed by atoms with E-state index < -0.39 is 20.7 Å². The van der Waals surface area contributed by atoms with Crippen LogP contribution in [0.1, 0.15) is 12.8 Å². The van der Waals surface area contributed by atoms with Crippen molar-refractivity contribution < 1.29 is 22.7 Å². The Kier molecular flexibility index (Phi) is 3.76. The highest BCUT2D eigenvalue weighted by molar-refractivity contribution is 7.91. The van der Waals surface area contributed by atoms with Gasteiger partial charge in [0.05, 0.1) is 19.9 Å². The first-order chi connectivity index (χ1) is 10.9. The summed E-state index contributed by atoms with van der Waals surface area (Å²) in [5.41, 5.74) is 0.432. The molecule has 7 nitrogen and oxygen atoms in total. The standard InChI is InChI=1S/C15H20N2O5S/c1-17-7-6-10-9-15(10,23(17,19)20)14(18)16-12-5-4-11(21-2)8-13(12)22-3/h4-5,8,10H,6-7,9H2,1-3H3,(H,16,18)/t10-,15-/m1/s1. The normalized spacial score (nSPS) is 28.6. The Balaban J connectivity index is 1.89. The Morgan fingerprint density at radius 3 is 2.74 bits per heavy atom. The zero-order valence-electron chi connectivity index (χ0n) is 13.3. The Bertz CT molecular complexity index is 748. The van der Waals surface area contributed by atoms with Crippen LogP contribution in [-0.2, 0) is 14.8 Å². The van der Waals surface area contributed by atoms with Crippen molar-refractivity contribution in [3.8, 4) is 11.5 Å². The maximum Gasteiger partial charge on any atom is 0.247 e. The van der Waals surface area contributed by atoms with Crippen LogP contribution in [0.2, 0.25) is 0 Å². The zero-order chi connectivity index (χ0) is 16.8. The van der Waals surface area contributed by atoms with E-state index >= 15 is 0 Å². The molecule has 0 radical (unpaired) electrons. The van der Waals surface area contributed by atoms with Gasteiger partial charge < -0.3 is 14.8 Å². The van der Waals surface area contributed by atoms with E-state index in [2.05, 4.69) is 5.32 Å². The Morgan fingerprint density at radius 2 is 2.09 bits per heavy atom. The van der Waals surface area contributed by atoms with Crippen molar-refractivity contribution in [1.29, 1.82) is 0 Å². The predicted octanol–water partition coefficient (Wildman–Crippen LogP) is 1.07. The number of fused-ring (bicyclic) bond motifs is 1. The highest BCUT2D eigenvalue weighted by Crippen LogP contribution is 2.56. The van der Waals surface area contributed by atoms with Crippen LogP contribution >= 0.6 is 0 Å². The Hall–Kier alpha value is -1.80. The number of carbonyl (C=O) groups is 1. The second kappa shape index (κ2) is 5.38. The van der Waals surface area contributed by atoms with Crippen molar-refractivity contribution >= 4 is 21.6 Å². The second-order valence-corrected chi connectivity index (χ2v) is 8.23. The van der Waals surface area contributed by atoms with Crippen LogP contribution in [0.25, 0.3) is 0 Å².